The maximum atomic E-state index is 12.1. The zero-order valence-corrected chi connectivity index (χ0v) is 10.9. The van der Waals surface area contributed by atoms with Crippen molar-refractivity contribution in [3.05, 3.63) is 78.1 Å². The van der Waals surface area contributed by atoms with Gasteiger partial charge in [-0.1, -0.05) is 36.4 Å². The number of fused-ring (bicyclic) bond motifs is 1. The van der Waals surface area contributed by atoms with Gasteiger partial charge in [0.25, 0.3) is 5.91 Å². The van der Waals surface area contributed by atoms with Gasteiger partial charge in [-0.25, -0.2) is 0 Å². The van der Waals surface area contributed by atoms with Crippen molar-refractivity contribution in [3.63, 3.8) is 0 Å². The smallest absolute Gasteiger partial charge is 0.251 e. The Labute approximate surface area is 117 Å². The quantitative estimate of drug-likeness (QED) is 0.787. The summed E-state index contributed by atoms with van der Waals surface area (Å²) in [5.41, 5.74) is 1.76. The molecule has 1 N–H and O–H groups in total. The molecule has 0 saturated carbocycles. The predicted octanol–water partition coefficient (Wildman–Crippen LogP) is 3.16. The fourth-order valence-corrected chi connectivity index (χ4v) is 2.10. The molecule has 1 aromatic heterocycles. The Morgan fingerprint density at radius 2 is 1.85 bits per heavy atom. The average Bonchev–Trinajstić information content (AvgIpc) is 2.53. The first-order valence-corrected chi connectivity index (χ1v) is 6.49. The number of nitrogens with one attached hydrogen (secondary N) is 1. The number of benzene rings is 2. The van der Waals surface area contributed by atoms with E-state index in [1.54, 1.807) is 12.4 Å². The number of carbonyl (C=O) groups excluding carboxylic acids is 1. The Hall–Kier alpha value is -2.68. The molecule has 0 fully saturated rings. The van der Waals surface area contributed by atoms with E-state index >= 15 is 0 Å². The molecule has 1 amide bonds. The lowest BCUT2D eigenvalue weighted by Gasteiger charge is -2.06. The molecule has 0 aliphatic rings. The van der Waals surface area contributed by atoms with E-state index in [-0.39, 0.29) is 5.91 Å². The summed E-state index contributed by atoms with van der Waals surface area (Å²) in [6.45, 7) is 0.536. The molecule has 20 heavy (non-hydrogen) atoms. The minimum atomic E-state index is -0.0624. The van der Waals surface area contributed by atoms with Crippen LogP contribution >= 0.6 is 0 Å². The number of rotatable bonds is 3. The molecule has 3 rings (SSSR count). The van der Waals surface area contributed by atoms with Crippen LogP contribution in [-0.4, -0.2) is 10.9 Å². The lowest BCUT2D eigenvalue weighted by molar-refractivity contribution is 0.0951. The summed E-state index contributed by atoms with van der Waals surface area (Å²) in [7, 11) is 0. The van der Waals surface area contributed by atoms with Crippen LogP contribution in [-0.2, 0) is 6.54 Å². The molecule has 2 aromatic carbocycles. The molecule has 0 unspecified atom stereocenters. The Bertz CT molecular complexity index is 738. The van der Waals surface area contributed by atoms with Gasteiger partial charge in [-0.15, -0.1) is 0 Å². The molecule has 3 heteroatoms. The van der Waals surface area contributed by atoms with Crippen molar-refractivity contribution < 1.29 is 4.79 Å². The lowest BCUT2D eigenvalue weighted by atomic mass is 10.1. The maximum absolute atomic E-state index is 12.1. The highest BCUT2D eigenvalue weighted by atomic mass is 16.1. The van der Waals surface area contributed by atoms with E-state index in [1.807, 2.05) is 54.6 Å². The van der Waals surface area contributed by atoms with Gasteiger partial charge in [0.1, 0.15) is 0 Å². The van der Waals surface area contributed by atoms with E-state index in [1.165, 1.54) is 0 Å². The van der Waals surface area contributed by atoms with Crippen LogP contribution in [0, 0.1) is 0 Å². The Morgan fingerprint density at radius 3 is 2.70 bits per heavy atom. The molecule has 3 aromatic rings. The first-order valence-electron chi connectivity index (χ1n) is 6.49. The summed E-state index contributed by atoms with van der Waals surface area (Å²) in [6, 6.07) is 17.4. The standard InChI is InChI=1S/C17H14N2O/c20-17(19-11-13-4-2-1-3-5-13)15-6-7-16-12-18-9-8-14(16)10-15/h1-10,12H,11H2,(H,19,20). The maximum Gasteiger partial charge on any atom is 0.251 e. The van der Waals surface area contributed by atoms with Crippen molar-refractivity contribution in [1.29, 1.82) is 0 Å². The van der Waals surface area contributed by atoms with Crippen molar-refractivity contribution >= 4 is 16.7 Å². The van der Waals surface area contributed by atoms with E-state index in [0.29, 0.717) is 12.1 Å². The van der Waals surface area contributed by atoms with Gasteiger partial charge in [-0.05, 0) is 29.1 Å². The molecule has 0 bridgehead atoms. The van der Waals surface area contributed by atoms with Crippen LogP contribution in [0.15, 0.2) is 67.0 Å². The second-order valence-electron chi connectivity index (χ2n) is 4.61. The minimum absolute atomic E-state index is 0.0624. The van der Waals surface area contributed by atoms with Crippen molar-refractivity contribution in [1.82, 2.24) is 10.3 Å². The predicted molar refractivity (Wildman–Crippen MR) is 79.4 cm³/mol. The van der Waals surface area contributed by atoms with Gasteiger partial charge in [0.2, 0.25) is 0 Å². The summed E-state index contributed by atoms with van der Waals surface area (Å²) in [5.74, 6) is -0.0624. The summed E-state index contributed by atoms with van der Waals surface area (Å²) in [6.07, 6.45) is 3.52. The van der Waals surface area contributed by atoms with Crippen molar-refractivity contribution in [2.24, 2.45) is 0 Å². The molecule has 0 saturated heterocycles. The van der Waals surface area contributed by atoms with Crippen LogP contribution in [0.5, 0.6) is 0 Å². The fraction of sp³-hybridized carbons (Fsp3) is 0.0588. The SMILES string of the molecule is O=C(NCc1ccccc1)c1ccc2cnccc2c1. The van der Waals surface area contributed by atoms with Gasteiger partial charge in [0.15, 0.2) is 0 Å². The molecular formula is C17H14N2O. The summed E-state index contributed by atoms with van der Waals surface area (Å²) in [5, 5.41) is 4.98. The van der Waals surface area contributed by atoms with Crippen LogP contribution < -0.4 is 5.32 Å². The number of pyridine rings is 1. The second-order valence-corrected chi connectivity index (χ2v) is 4.61. The molecule has 98 valence electrons. The lowest BCUT2D eigenvalue weighted by Crippen LogP contribution is -2.22. The zero-order chi connectivity index (χ0) is 13.8. The molecule has 0 aliphatic carbocycles. The number of carbonyl (C=O) groups is 1. The van der Waals surface area contributed by atoms with Crippen molar-refractivity contribution in [3.8, 4) is 0 Å². The number of aromatic nitrogens is 1. The molecular weight excluding hydrogens is 248 g/mol. The normalized spacial score (nSPS) is 10.4. The highest BCUT2D eigenvalue weighted by Gasteiger charge is 2.05. The second kappa shape index (κ2) is 5.53. The number of nitrogens with zero attached hydrogens (tertiary/aromatic N) is 1. The molecule has 3 nitrogen and oxygen atoms in total. The minimum Gasteiger partial charge on any atom is -0.348 e. The van der Waals surface area contributed by atoms with E-state index in [0.717, 1.165) is 16.3 Å². The number of hydrogen-bond acceptors (Lipinski definition) is 2. The van der Waals surface area contributed by atoms with Gasteiger partial charge in [-0.2, -0.15) is 0 Å². The van der Waals surface area contributed by atoms with Crippen LogP contribution in [0.2, 0.25) is 0 Å². The average molecular weight is 262 g/mol. The van der Waals surface area contributed by atoms with Crippen LogP contribution in [0.4, 0.5) is 0 Å². The van der Waals surface area contributed by atoms with Crippen molar-refractivity contribution in [2.75, 3.05) is 0 Å². The first kappa shape index (κ1) is 12.4. The Kier molecular flexibility index (Phi) is 3.42. The third kappa shape index (κ3) is 2.67. The van der Waals surface area contributed by atoms with Crippen molar-refractivity contribution in [2.45, 2.75) is 6.54 Å². The zero-order valence-electron chi connectivity index (χ0n) is 10.9. The summed E-state index contributed by atoms with van der Waals surface area (Å²) >= 11 is 0. The molecule has 1 heterocycles. The van der Waals surface area contributed by atoms with Gasteiger partial charge >= 0.3 is 0 Å². The highest BCUT2D eigenvalue weighted by Crippen LogP contribution is 2.14. The van der Waals surface area contributed by atoms with Gasteiger partial charge in [0, 0.05) is 29.9 Å². The van der Waals surface area contributed by atoms with Gasteiger partial charge < -0.3 is 5.32 Å². The summed E-state index contributed by atoms with van der Waals surface area (Å²) in [4.78, 5) is 16.2. The topological polar surface area (TPSA) is 42.0 Å². The third-order valence-electron chi connectivity index (χ3n) is 3.20. The van der Waals surface area contributed by atoms with Gasteiger partial charge in [0.05, 0.1) is 0 Å². The number of amides is 1. The third-order valence-corrected chi connectivity index (χ3v) is 3.20. The van der Waals surface area contributed by atoms with E-state index < -0.39 is 0 Å². The molecule has 0 radical (unpaired) electrons. The monoisotopic (exact) mass is 262 g/mol. The fourth-order valence-electron chi connectivity index (χ4n) is 2.10. The Morgan fingerprint density at radius 1 is 1.00 bits per heavy atom. The van der Waals surface area contributed by atoms with Crippen LogP contribution in [0.1, 0.15) is 15.9 Å². The van der Waals surface area contributed by atoms with E-state index in [9.17, 15) is 4.79 Å². The molecule has 0 aliphatic heterocycles. The highest BCUT2D eigenvalue weighted by molar-refractivity contribution is 5.98. The first-order chi connectivity index (χ1) is 9.83. The summed E-state index contributed by atoms with van der Waals surface area (Å²) < 4.78 is 0. The molecule has 0 spiro atoms. The van der Waals surface area contributed by atoms with E-state index in [2.05, 4.69) is 10.3 Å². The molecule has 0 atom stereocenters. The largest absolute Gasteiger partial charge is 0.348 e. The van der Waals surface area contributed by atoms with Crippen LogP contribution in [0.25, 0.3) is 10.8 Å². The Balaban J connectivity index is 1.75. The van der Waals surface area contributed by atoms with Crippen LogP contribution in [0.3, 0.4) is 0 Å². The van der Waals surface area contributed by atoms with Gasteiger partial charge in [-0.3, -0.25) is 9.78 Å². The van der Waals surface area contributed by atoms with E-state index in [4.69, 9.17) is 0 Å². The number of hydrogen-bond donors (Lipinski definition) is 1.